The van der Waals surface area contributed by atoms with Crippen LogP contribution in [0.3, 0.4) is 0 Å². The van der Waals surface area contributed by atoms with Gasteiger partial charge in [0.05, 0.1) is 17.9 Å². The van der Waals surface area contributed by atoms with Crippen molar-refractivity contribution < 1.29 is 9.50 Å². The van der Waals surface area contributed by atoms with Crippen LogP contribution in [0, 0.1) is 5.82 Å². The van der Waals surface area contributed by atoms with Gasteiger partial charge in [-0.25, -0.2) is 9.37 Å². The third-order valence-electron chi connectivity index (χ3n) is 4.05. The Balaban J connectivity index is 1.62. The van der Waals surface area contributed by atoms with Gasteiger partial charge >= 0.3 is 0 Å². The van der Waals surface area contributed by atoms with Crippen molar-refractivity contribution in [2.45, 2.75) is 44.4 Å². The lowest BCUT2D eigenvalue weighted by Crippen LogP contribution is -2.44. The molecule has 2 N–H and O–H groups in total. The van der Waals surface area contributed by atoms with E-state index in [2.05, 4.69) is 10.3 Å². The highest BCUT2D eigenvalue weighted by atomic mass is 19.1. The molecule has 1 fully saturated rings. The Bertz CT molecular complexity index is 584. The second-order valence-corrected chi connectivity index (χ2v) is 5.46. The molecule has 1 aliphatic heterocycles. The maximum absolute atomic E-state index is 13.8. The molecule has 3 rings (SSSR count). The minimum atomic E-state index is -0.250. The highest BCUT2D eigenvalue weighted by Crippen LogP contribution is 2.18. The number of piperidine rings is 1. The smallest absolute Gasteiger partial charge is 0.149 e. The van der Waals surface area contributed by atoms with Crippen LogP contribution in [0.4, 0.5) is 4.39 Å². The van der Waals surface area contributed by atoms with Gasteiger partial charge in [-0.1, -0.05) is 6.07 Å². The van der Waals surface area contributed by atoms with Crippen molar-refractivity contribution in [1.82, 2.24) is 14.9 Å². The number of nitrogens with one attached hydrogen (secondary N) is 1. The molecule has 4 nitrogen and oxygen atoms in total. The van der Waals surface area contributed by atoms with Crippen LogP contribution in [-0.2, 0) is 6.54 Å². The van der Waals surface area contributed by atoms with E-state index in [4.69, 9.17) is 0 Å². The van der Waals surface area contributed by atoms with E-state index in [-0.39, 0.29) is 18.0 Å². The first-order valence-electron chi connectivity index (χ1n) is 7.26. The van der Waals surface area contributed by atoms with Crippen LogP contribution < -0.4 is 5.32 Å². The van der Waals surface area contributed by atoms with E-state index in [1.807, 2.05) is 10.6 Å². The lowest BCUT2D eigenvalue weighted by molar-refractivity contribution is 0.0909. The van der Waals surface area contributed by atoms with Gasteiger partial charge in [0.2, 0.25) is 0 Å². The summed E-state index contributed by atoms with van der Waals surface area (Å²) in [5.41, 5.74) is 1.27. The SMILES string of the molecule is O[C@H]1CCCN[C@@H]1CCCn1cnc2cccc(F)c21. The van der Waals surface area contributed by atoms with Crippen LogP contribution in [0.1, 0.15) is 25.7 Å². The first kappa shape index (κ1) is 13.5. The Labute approximate surface area is 117 Å². The van der Waals surface area contributed by atoms with Crippen LogP contribution in [-0.4, -0.2) is 33.3 Å². The number of nitrogens with zero attached hydrogens (tertiary/aromatic N) is 2. The summed E-state index contributed by atoms with van der Waals surface area (Å²) >= 11 is 0. The highest BCUT2D eigenvalue weighted by Gasteiger charge is 2.21. The Morgan fingerprint density at radius 1 is 1.45 bits per heavy atom. The van der Waals surface area contributed by atoms with E-state index in [9.17, 15) is 9.50 Å². The van der Waals surface area contributed by atoms with Crippen molar-refractivity contribution in [3.63, 3.8) is 0 Å². The number of hydrogen-bond acceptors (Lipinski definition) is 3. The third kappa shape index (κ3) is 2.69. The number of hydrogen-bond donors (Lipinski definition) is 2. The fourth-order valence-corrected chi connectivity index (χ4v) is 2.96. The summed E-state index contributed by atoms with van der Waals surface area (Å²) in [7, 11) is 0. The summed E-state index contributed by atoms with van der Waals surface area (Å²) in [5.74, 6) is -0.226. The topological polar surface area (TPSA) is 50.1 Å². The molecule has 0 aliphatic carbocycles. The Kier molecular flexibility index (Phi) is 3.98. The maximum atomic E-state index is 13.8. The van der Waals surface area contributed by atoms with Gasteiger partial charge in [0.25, 0.3) is 0 Å². The van der Waals surface area contributed by atoms with E-state index >= 15 is 0 Å². The zero-order chi connectivity index (χ0) is 13.9. The first-order chi connectivity index (χ1) is 9.75. The predicted molar refractivity (Wildman–Crippen MR) is 76.0 cm³/mol. The lowest BCUT2D eigenvalue weighted by atomic mass is 9.97. The van der Waals surface area contributed by atoms with Crippen molar-refractivity contribution >= 4 is 11.0 Å². The Hall–Kier alpha value is -1.46. The number of fused-ring (bicyclic) bond motifs is 1. The molecule has 1 aliphatic rings. The zero-order valence-electron chi connectivity index (χ0n) is 11.4. The van der Waals surface area contributed by atoms with Crippen LogP contribution >= 0.6 is 0 Å². The molecule has 1 aromatic carbocycles. The number of aliphatic hydroxyl groups excluding tert-OH is 1. The standard InChI is InChI=1S/C15H20FN3O/c16-11-4-1-5-13-15(11)19(10-18-13)9-3-6-12-14(20)7-2-8-17-12/h1,4-5,10,12,14,17,20H,2-3,6-9H2/t12-,14+/m1/s1. The molecule has 1 saturated heterocycles. The van der Waals surface area contributed by atoms with Crippen LogP contribution in [0.15, 0.2) is 24.5 Å². The molecule has 0 unspecified atom stereocenters. The molecule has 2 heterocycles. The van der Waals surface area contributed by atoms with E-state index < -0.39 is 0 Å². The molecule has 20 heavy (non-hydrogen) atoms. The Morgan fingerprint density at radius 2 is 2.35 bits per heavy atom. The monoisotopic (exact) mass is 277 g/mol. The van der Waals surface area contributed by atoms with Gasteiger partial charge in [0, 0.05) is 12.6 Å². The molecule has 0 spiro atoms. The van der Waals surface area contributed by atoms with Gasteiger partial charge in [0.15, 0.2) is 0 Å². The number of para-hydroxylation sites is 1. The third-order valence-corrected chi connectivity index (χ3v) is 4.05. The lowest BCUT2D eigenvalue weighted by Gasteiger charge is -2.29. The van der Waals surface area contributed by atoms with Crippen molar-refractivity contribution in [2.24, 2.45) is 0 Å². The molecular formula is C15H20FN3O. The van der Waals surface area contributed by atoms with Crippen molar-refractivity contribution in [3.8, 4) is 0 Å². The van der Waals surface area contributed by atoms with Gasteiger partial charge < -0.3 is 15.0 Å². The van der Waals surface area contributed by atoms with E-state index in [1.54, 1.807) is 12.4 Å². The normalized spacial score (nSPS) is 23.3. The number of aryl methyl sites for hydroxylation is 1. The molecule has 0 bridgehead atoms. The zero-order valence-corrected chi connectivity index (χ0v) is 11.4. The van der Waals surface area contributed by atoms with Crippen molar-refractivity contribution in [3.05, 3.63) is 30.3 Å². The number of rotatable bonds is 4. The molecule has 2 aromatic rings. The molecule has 0 saturated carbocycles. The number of aromatic nitrogens is 2. The highest BCUT2D eigenvalue weighted by molar-refractivity contribution is 5.75. The fourth-order valence-electron chi connectivity index (χ4n) is 2.96. The van der Waals surface area contributed by atoms with E-state index in [1.165, 1.54) is 6.07 Å². The second-order valence-electron chi connectivity index (χ2n) is 5.46. The minimum absolute atomic E-state index is 0.170. The molecule has 0 radical (unpaired) electrons. The summed E-state index contributed by atoms with van der Waals surface area (Å²) in [6.07, 6.45) is 5.15. The summed E-state index contributed by atoms with van der Waals surface area (Å²) in [4.78, 5) is 4.22. The van der Waals surface area contributed by atoms with Crippen LogP contribution in [0.25, 0.3) is 11.0 Å². The molecule has 1 aromatic heterocycles. The number of halogens is 1. The molecule has 0 amide bonds. The minimum Gasteiger partial charge on any atom is -0.392 e. The van der Waals surface area contributed by atoms with Gasteiger partial charge in [-0.3, -0.25) is 0 Å². The molecule has 108 valence electrons. The Morgan fingerprint density at radius 3 is 3.20 bits per heavy atom. The van der Waals surface area contributed by atoms with E-state index in [0.29, 0.717) is 11.0 Å². The summed E-state index contributed by atoms with van der Waals surface area (Å²) in [6.45, 7) is 1.70. The number of aliphatic hydroxyl groups is 1. The fraction of sp³-hybridized carbons (Fsp3) is 0.533. The van der Waals surface area contributed by atoms with Gasteiger partial charge in [-0.2, -0.15) is 0 Å². The maximum Gasteiger partial charge on any atom is 0.149 e. The van der Waals surface area contributed by atoms with Crippen molar-refractivity contribution in [1.29, 1.82) is 0 Å². The second kappa shape index (κ2) is 5.89. The molecule has 5 heteroatoms. The molecular weight excluding hydrogens is 257 g/mol. The van der Waals surface area contributed by atoms with E-state index in [0.717, 1.165) is 38.8 Å². The first-order valence-corrected chi connectivity index (χ1v) is 7.26. The summed E-state index contributed by atoms with van der Waals surface area (Å²) in [5, 5.41) is 13.2. The molecule has 2 atom stereocenters. The average molecular weight is 277 g/mol. The summed E-state index contributed by atoms with van der Waals surface area (Å²) < 4.78 is 15.7. The number of imidazole rings is 1. The predicted octanol–water partition coefficient (Wildman–Crippen LogP) is 2.07. The van der Waals surface area contributed by atoms with Gasteiger partial charge in [-0.15, -0.1) is 0 Å². The largest absolute Gasteiger partial charge is 0.392 e. The summed E-state index contributed by atoms with van der Waals surface area (Å²) in [6, 6.07) is 5.13. The van der Waals surface area contributed by atoms with Crippen molar-refractivity contribution in [2.75, 3.05) is 6.54 Å². The van der Waals surface area contributed by atoms with Gasteiger partial charge in [-0.05, 0) is 44.4 Å². The van der Waals surface area contributed by atoms with Crippen LogP contribution in [0.5, 0.6) is 0 Å². The number of benzene rings is 1. The quantitative estimate of drug-likeness (QED) is 0.899. The van der Waals surface area contributed by atoms with Crippen LogP contribution in [0.2, 0.25) is 0 Å². The average Bonchev–Trinajstić information content (AvgIpc) is 2.86. The van der Waals surface area contributed by atoms with Gasteiger partial charge in [0.1, 0.15) is 11.3 Å².